The molecule has 0 aromatic carbocycles. The van der Waals surface area contributed by atoms with E-state index in [2.05, 4.69) is 39.6 Å². The minimum Gasteiger partial charge on any atom is -0.490 e. The summed E-state index contributed by atoms with van der Waals surface area (Å²) in [5.41, 5.74) is 0. The first-order chi connectivity index (χ1) is 6.54. The smallest absolute Gasteiger partial charge is 0.125 e. The van der Waals surface area contributed by atoms with Crippen LogP contribution in [0.25, 0.3) is 0 Å². The van der Waals surface area contributed by atoms with E-state index in [-0.39, 0.29) is 0 Å². The van der Waals surface area contributed by atoms with Gasteiger partial charge in [0.1, 0.15) is 11.9 Å². The lowest BCUT2D eigenvalue weighted by Crippen LogP contribution is -2.15. The molecule has 1 fully saturated rings. The molecule has 1 rings (SSSR count). The average Bonchev–Trinajstić information content (AvgIpc) is 2.47. The van der Waals surface area contributed by atoms with Gasteiger partial charge in [0, 0.05) is 4.91 Å². The van der Waals surface area contributed by atoms with E-state index in [9.17, 15) is 0 Å². The summed E-state index contributed by atoms with van der Waals surface area (Å²) >= 11 is 4.12. The van der Waals surface area contributed by atoms with Crippen molar-refractivity contribution in [1.82, 2.24) is 0 Å². The Morgan fingerprint density at radius 3 is 2.50 bits per heavy atom. The molecule has 0 aromatic heterocycles. The van der Waals surface area contributed by atoms with Gasteiger partial charge in [0.25, 0.3) is 0 Å². The summed E-state index contributed by atoms with van der Waals surface area (Å²) in [7, 11) is 0. The van der Waals surface area contributed by atoms with E-state index in [1.54, 1.807) is 0 Å². The Hall–Kier alpha value is -0.370. The maximum atomic E-state index is 5.75. The number of hydrogen-bond acceptors (Lipinski definition) is 2. The predicted octanol–water partition coefficient (Wildman–Crippen LogP) is 3.78. The highest BCUT2D eigenvalue weighted by molar-refractivity contribution is 7.84. The second kappa shape index (κ2) is 4.92. The number of thiol groups is 1. The van der Waals surface area contributed by atoms with Gasteiger partial charge in [-0.25, -0.2) is 0 Å². The zero-order valence-corrected chi connectivity index (χ0v) is 10.0. The van der Waals surface area contributed by atoms with Crippen LogP contribution in [0.3, 0.4) is 0 Å². The van der Waals surface area contributed by atoms with Crippen LogP contribution in [0.5, 0.6) is 0 Å². The van der Waals surface area contributed by atoms with E-state index in [0.717, 1.165) is 12.3 Å². The Kier molecular flexibility index (Phi) is 4.11. The molecule has 0 heterocycles. The predicted molar refractivity (Wildman–Crippen MR) is 64.3 cm³/mol. The van der Waals surface area contributed by atoms with E-state index >= 15 is 0 Å². The summed E-state index contributed by atoms with van der Waals surface area (Å²) in [6.07, 6.45) is 3.99. The lowest BCUT2D eigenvalue weighted by atomic mass is 10.0. The summed E-state index contributed by atoms with van der Waals surface area (Å²) in [6, 6.07) is 0. The first-order valence-electron chi connectivity index (χ1n) is 5.28. The Balaban J connectivity index is 2.46. The van der Waals surface area contributed by atoms with Gasteiger partial charge in [-0.3, -0.25) is 0 Å². The lowest BCUT2D eigenvalue weighted by Gasteiger charge is -2.19. The van der Waals surface area contributed by atoms with Crippen molar-refractivity contribution < 1.29 is 4.74 Å². The minimum atomic E-state index is 0.316. The van der Waals surface area contributed by atoms with Crippen molar-refractivity contribution in [2.24, 2.45) is 11.8 Å². The van der Waals surface area contributed by atoms with Gasteiger partial charge < -0.3 is 4.74 Å². The first-order valence-corrected chi connectivity index (χ1v) is 5.73. The van der Waals surface area contributed by atoms with Crippen molar-refractivity contribution in [2.45, 2.75) is 39.2 Å². The van der Waals surface area contributed by atoms with Crippen LogP contribution in [-0.2, 0) is 4.74 Å². The third kappa shape index (κ3) is 2.81. The Labute approximate surface area is 92.6 Å². The average molecular weight is 212 g/mol. The molecule has 0 radical (unpaired) electrons. The summed E-state index contributed by atoms with van der Waals surface area (Å²) in [5.74, 6) is 2.07. The maximum Gasteiger partial charge on any atom is 0.125 e. The molecule has 0 aromatic rings. The zero-order chi connectivity index (χ0) is 10.7. The quantitative estimate of drug-likeness (QED) is 0.424. The van der Waals surface area contributed by atoms with Gasteiger partial charge >= 0.3 is 0 Å². The van der Waals surface area contributed by atoms with Crippen LogP contribution in [0.15, 0.2) is 23.8 Å². The van der Waals surface area contributed by atoms with Crippen LogP contribution >= 0.6 is 12.6 Å². The second-order valence-corrected chi connectivity index (χ2v) is 4.79. The van der Waals surface area contributed by atoms with E-state index in [1.165, 1.54) is 12.8 Å². The third-order valence-corrected chi connectivity index (χ3v) is 3.35. The van der Waals surface area contributed by atoms with Gasteiger partial charge in [-0.1, -0.05) is 33.4 Å². The number of rotatable bonds is 4. The molecule has 0 saturated heterocycles. The van der Waals surface area contributed by atoms with Crippen molar-refractivity contribution in [3.05, 3.63) is 23.8 Å². The zero-order valence-electron chi connectivity index (χ0n) is 9.12. The molecule has 0 aliphatic heterocycles. The molecule has 2 heteroatoms. The van der Waals surface area contributed by atoms with Gasteiger partial charge in [-0.15, -0.1) is 12.6 Å². The molecule has 0 amide bonds. The fourth-order valence-electron chi connectivity index (χ4n) is 2.08. The molecule has 1 aliphatic rings. The summed E-state index contributed by atoms with van der Waals surface area (Å²) < 4.78 is 5.75. The first kappa shape index (κ1) is 11.7. The van der Waals surface area contributed by atoms with E-state index in [0.29, 0.717) is 22.7 Å². The molecule has 1 aliphatic carbocycles. The molecular formula is C12H20OS. The molecule has 3 atom stereocenters. The molecule has 0 bridgehead atoms. The molecule has 0 N–H and O–H groups in total. The van der Waals surface area contributed by atoms with Crippen molar-refractivity contribution in [2.75, 3.05) is 0 Å². The minimum absolute atomic E-state index is 0.316. The van der Waals surface area contributed by atoms with Crippen LogP contribution < -0.4 is 0 Å². The van der Waals surface area contributed by atoms with Gasteiger partial charge in [0.15, 0.2) is 0 Å². The van der Waals surface area contributed by atoms with Crippen LogP contribution in [0.4, 0.5) is 0 Å². The van der Waals surface area contributed by atoms with Crippen LogP contribution in [0.2, 0.25) is 0 Å². The monoisotopic (exact) mass is 212 g/mol. The summed E-state index contributed by atoms with van der Waals surface area (Å²) in [4.78, 5) is 0.636. The summed E-state index contributed by atoms with van der Waals surface area (Å²) in [5, 5.41) is 0. The largest absolute Gasteiger partial charge is 0.490 e. The van der Waals surface area contributed by atoms with E-state index in [1.807, 2.05) is 0 Å². The Morgan fingerprint density at radius 1 is 1.43 bits per heavy atom. The normalized spacial score (nSPS) is 31.5. The molecule has 1 nitrogen and oxygen atoms in total. The highest BCUT2D eigenvalue weighted by atomic mass is 32.1. The van der Waals surface area contributed by atoms with E-state index < -0.39 is 0 Å². The summed E-state index contributed by atoms with van der Waals surface area (Å²) in [6.45, 7) is 12.0. The maximum absolute atomic E-state index is 5.75. The molecule has 1 saturated carbocycles. The Morgan fingerprint density at radius 2 is 2.07 bits per heavy atom. The molecule has 14 heavy (non-hydrogen) atoms. The lowest BCUT2D eigenvalue weighted by molar-refractivity contribution is 0.0960. The number of ether oxygens (including phenoxy) is 1. The number of hydrogen-bond donors (Lipinski definition) is 1. The SMILES string of the molecule is C=C(S)C(=C)OC1CC(CC)CC1C. The van der Waals surface area contributed by atoms with Gasteiger partial charge in [0.2, 0.25) is 0 Å². The van der Waals surface area contributed by atoms with Crippen molar-refractivity contribution >= 4 is 12.6 Å². The van der Waals surface area contributed by atoms with Crippen LogP contribution in [0.1, 0.15) is 33.1 Å². The second-order valence-electron chi connectivity index (χ2n) is 4.25. The molecular weight excluding hydrogens is 192 g/mol. The molecule has 80 valence electrons. The topological polar surface area (TPSA) is 9.23 Å². The van der Waals surface area contributed by atoms with Gasteiger partial charge in [0.05, 0.1) is 0 Å². The highest BCUT2D eigenvalue weighted by Crippen LogP contribution is 2.36. The fourth-order valence-corrected chi connectivity index (χ4v) is 2.14. The van der Waals surface area contributed by atoms with Gasteiger partial charge in [-0.2, -0.15) is 0 Å². The fraction of sp³-hybridized carbons (Fsp3) is 0.667. The Bertz CT molecular complexity index is 234. The highest BCUT2D eigenvalue weighted by Gasteiger charge is 2.31. The van der Waals surface area contributed by atoms with Crippen LogP contribution in [0, 0.1) is 11.8 Å². The third-order valence-electron chi connectivity index (χ3n) is 3.10. The van der Waals surface area contributed by atoms with Crippen molar-refractivity contribution in [1.29, 1.82) is 0 Å². The van der Waals surface area contributed by atoms with Crippen molar-refractivity contribution in [3.8, 4) is 0 Å². The van der Waals surface area contributed by atoms with Gasteiger partial charge in [-0.05, 0) is 24.7 Å². The van der Waals surface area contributed by atoms with Crippen LogP contribution in [-0.4, -0.2) is 6.10 Å². The standard InChI is InChI=1S/C12H20OS/c1-5-11-6-8(2)12(7-11)13-9(3)10(4)14/h8,11-12,14H,3-7H2,1-2H3. The molecule has 3 unspecified atom stereocenters. The van der Waals surface area contributed by atoms with Crippen molar-refractivity contribution in [3.63, 3.8) is 0 Å². The molecule has 0 spiro atoms. The van der Waals surface area contributed by atoms with E-state index in [4.69, 9.17) is 4.74 Å².